The molecule has 1 amide bonds. The molecule has 5 rings (SSSR count). The number of ether oxygens (including phenoxy) is 2. The fourth-order valence-electron chi connectivity index (χ4n) is 4.81. The van der Waals surface area contributed by atoms with E-state index >= 15 is 0 Å². The van der Waals surface area contributed by atoms with Crippen LogP contribution in [0.3, 0.4) is 0 Å². The first-order valence-corrected chi connectivity index (χ1v) is 16.0. The second-order valence-corrected chi connectivity index (χ2v) is 12.6. The average molecular weight is 673 g/mol. The number of nitrogens with zero attached hydrogens (tertiary/aromatic N) is 3. The zero-order chi connectivity index (χ0) is 33.6. The summed E-state index contributed by atoms with van der Waals surface area (Å²) < 4.78 is 39.8. The number of benzene rings is 5. The normalized spacial score (nSPS) is 11.4. The van der Waals surface area contributed by atoms with Crippen LogP contribution in [0.4, 0.5) is 11.4 Å². The number of rotatable bonds is 12. The number of amides is 1. The van der Waals surface area contributed by atoms with Gasteiger partial charge in [-0.05, 0) is 77.4 Å². The smallest absolute Gasteiger partial charge is 0.273 e. The lowest BCUT2D eigenvalue weighted by Crippen LogP contribution is -2.39. The molecule has 0 fully saturated rings. The van der Waals surface area contributed by atoms with E-state index in [1.165, 1.54) is 50.6 Å². The van der Waals surface area contributed by atoms with Crippen molar-refractivity contribution in [1.82, 2.24) is 5.43 Å². The number of hydrazone groups is 1. The molecule has 0 radical (unpaired) electrons. The van der Waals surface area contributed by atoms with Gasteiger partial charge >= 0.3 is 0 Å². The number of anilines is 1. The Bertz CT molecular complexity index is 2080. The van der Waals surface area contributed by atoms with E-state index < -0.39 is 32.3 Å². The SMILES string of the molecule is COc1ccc(Cl)cc1N(CC(=O)N/N=C\c1ccc(OCc2cccc3ccccc23)cc1)S(=O)(=O)c1ccc(C)c([N+](=O)[O-])c1. The number of carbonyl (C=O) groups is 1. The van der Waals surface area contributed by atoms with Gasteiger partial charge in [0.15, 0.2) is 0 Å². The summed E-state index contributed by atoms with van der Waals surface area (Å²) in [5, 5.41) is 17.9. The molecule has 0 heterocycles. The van der Waals surface area contributed by atoms with Crippen LogP contribution < -0.4 is 19.2 Å². The third-order valence-electron chi connectivity index (χ3n) is 7.22. The molecule has 11 nitrogen and oxygen atoms in total. The first-order valence-electron chi connectivity index (χ1n) is 14.2. The van der Waals surface area contributed by atoms with Gasteiger partial charge < -0.3 is 9.47 Å². The number of hydrogen-bond acceptors (Lipinski definition) is 8. The number of fused-ring (bicyclic) bond motifs is 1. The maximum absolute atomic E-state index is 13.8. The Balaban J connectivity index is 1.30. The lowest BCUT2D eigenvalue weighted by Gasteiger charge is -2.25. The Kier molecular flexibility index (Phi) is 10.0. The number of halogens is 1. The number of methoxy groups -OCH3 is 1. The molecule has 13 heteroatoms. The molecule has 5 aromatic carbocycles. The van der Waals surface area contributed by atoms with E-state index in [9.17, 15) is 23.3 Å². The molecule has 0 aliphatic rings. The number of sulfonamides is 1. The zero-order valence-corrected chi connectivity index (χ0v) is 26.9. The van der Waals surface area contributed by atoms with Gasteiger partial charge in [-0.3, -0.25) is 19.2 Å². The van der Waals surface area contributed by atoms with Crippen LogP contribution in [0.1, 0.15) is 16.7 Å². The molecule has 0 atom stereocenters. The summed E-state index contributed by atoms with van der Waals surface area (Å²) in [6, 6.07) is 29.0. The van der Waals surface area contributed by atoms with Crippen molar-refractivity contribution in [3.05, 3.63) is 135 Å². The molecule has 0 aliphatic heterocycles. The highest BCUT2D eigenvalue weighted by Gasteiger charge is 2.31. The first kappa shape index (κ1) is 32.9. The van der Waals surface area contributed by atoms with Crippen molar-refractivity contribution in [3.63, 3.8) is 0 Å². The minimum absolute atomic E-state index is 0.0403. The van der Waals surface area contributed by atoms with Gasteiger partial charge in [0.1, 0.15) is 24.7 Å². The van der Waals surface area contributed by atoms with E-state index in [1.807, 2.05) is 36.4 Å². The van der Waals surface area contributed by atoms with E-state index in [4.69, 9.17) is 21.1 Å². The van der Waals surface area contributed by atoms with Crippen molar-refractivity contribution in [2.75, 3.05) is 18.0 Å². The highest BCUT2D eigenvalue weighted by molar-refractivity contribution is 7.92. The van der Waals surface area contributed by atoms with Crippen LogP contribution in [-0.2, 0) is 21.4 Å². The van der Waals surface area contributed by atoms with Crippen molar-refractivity contribution in [2.45, 2.75) is 18.4 Å². The van der Waals surface area contributed by atoms with E-state index in [-0.39, 0.29) is 27.7 Å². The van der Waals surface area contributed by atoms with Gasteiger partial charge in [0.05, 0.1) is 28.8 Å². The highest BCUT2D eigenvalue weighted by atomic mass is 35.5. The van der Waals surface area contributed by atoms with E-state index in [2.05, 4.69) is 16.6 Å². The summed E-state index contributed by atoms with van der Waals surface area (Å²) >= 11 is 6.18. The quantitative estimate of drug-likeness (QED) is 0.0890. The highest BCUT2D eigenvalue weighted by Crippen LogP contribution is 2.35. The average Bonchev–Trinajstić information content (AvgIpc) is 3.06. The Morgan fingerprint density at radius 1 is 1.00 bits per heavy atom. The Hall–Kier alpha value is -5.46. The summed E-state index contributed by atoms with van der Waals surface area (Å²) in [4.78, 5) is 23.5. The third-order valence-corrected chi connectivity index (χ3v) is 9.21. The summed E-state index contributed by atoms with van der Waals surface area (Å²) in [5.41, 5.74) is 3.89. The van der Waals surface area contributed by atoms with Crippen LogP contribution >= 0.6 is 11.6 Å². The van der Waals surface area contributed by atoms with Crippen molar-refractivity contribution in [2.24, 2.45) is 5.10 Å². The van der Waals surface area contributed by atoms with Gasteiger partial charge in [-0.1, -0.05) is 60.1 Å². The molecule has 5 aromatic rings. The molecular weight excluding hydrogens is 644 g/mol. The minimum Gasteiger partial charge on any atom is -0.495 e. The fraction of sp³-hybridized carbons (Fsp3) is 0.118. The predicted octanol–water partition coefficient (Wildman–Crippen LogP) is 6.64. The molecule has 0 saturated heterocycles. The molecule has 0 spiro atoms. The number of nitrogens with one attached hydrogen (secondary N) is 1. The second kappa shape index (κ2) is 14.3. The third kappa shape index (κ3) is 7.68. The van der Waals surface area contributed by atoms with E-state index in [1.54, 1.807) is 24.3 Å². The Morgan fingerprint density at radius 2 is 1.74 bits per heavy atom. The monoisotopic (exact) mass is 672 g/mol. The van der Waals surface area contributed by atoms with Crippen molar-refractivity contribution >= 4 is 55.9 Å². The van der Waals surface area contributed by atoms with Crippen LogP contribution in [0.2, 0.25) is 5.02 Å². The van der Waals surface area contributed by atoms with Gasteiger partial charge in [-0.25, -0.2) is 13.8 Å². The largest absolute Gasteiger partial charge is 0.495 e. The number of aryl methyl sites for hydroxylation is 1. The summed E-state index contributed by atoms with van der Waals surface area (Å²) in [5.74, 6) is -0.0334. The molecule has 1 N–H and O–H groups in total. The maximum atomic E-state index is 13.8. The van der Waals surface area contributed by atoms with Gasteiger partial charge in [-0.15, -0.1) is 0 Å². The standard InChI is InChI=1S/C34H29ClN4O7S/c1-23-10-16-29(19-31(23)39(41)42)47(43,44)38(32-18-27(35)13-17-33(32)45-2)21-34(40)37-36-20-24-11-14-28(15-12-24)46-22-26-8-5-7-25-6-3-4-9-30(25)26/h3-20H,21-22H2,1-2H3,(H,37,40)/b36-20-. The Labute approximate surface area is 276 Å². The lowest BCUT2D eigenvalue weighted by molar-refractivity contribution is -0.385. The van der Waals surface area contributed by atoms with Crippen LogP contribution in [-0.4, -0.2) is 39.1 Å². The number of nitro benzene ring substituents is 1. The van der Waals surface area contributed by atoms with Crippen LogP contribution in [0, 0.1) is 17.0 Å². The maximum Gasteiger partial charge on any atom is 0.273 e. The van der Waals surface area contributed by atoms with Crippen LogP contribution in [0.25, 0.3) is 10.8 Å². The van der Waals surface area contributed by atoms with E-state index in [0.717, 1.165) is 26.7 Å². The van der Waals surface area contributed by atoms with Gasteiger partial charge in [0.2, 0.25) is 0 Å². The molecule has 0 aromatic heterocycles. The van der Waals surface area contributed by atoms with Gasteiger partial charge in [0, 0.05) is 16.7 Å². The lowest BCUT2D eigenvalue weighted by atomic mass is 10.1. The molecule has 240 valence electrons. The van der Waals surface area contributed by atoms with Crippen molar-refractivity contribution in [3.8, 4) is 11.5 Å². The zero-order valence-electron chi connectivity index (χ0n) is 25.3. The fourth-order valence-corrected chi connectivity index (χ4v) is 6.42. The molecular formula is C34H29ClN4O7S. The summed E-state index contributed by atoms with van der Waals surface area (Å²) in [6.07, 6.45) is 1.40. The molecule has 0 unspecified atom stereocenters. The number of carbonyl (C=O) groups excluding carboxylic acids is 1. The van der Waals surface area contributed by atoms with Crippen LogP contribution in [0.15, 0.2) is 113 Å². The van der Waals surface area contributed by atoms with Gasteiger partial charge in [0.25, 0.3) is 21.6 Å². The molecule has 0 bridgehead atoms. The molecule has 0 aliphatic carbocycles. The minimum atomic E-state index is -4.53. The molecule has 0 saturated carbocycles. The number of hydrogen-bond donors (Lipinski definition) is 1. The summed E-state index contributed by atoms with van der Waals surface area (Å²) in [7, 11) is -3.20. The number of nitro groups is 1. The predicted molar refractivity (Wildman–Crippen MR) is 181 cm³/mol. The van der Waals surface area contributed by atoms with Crippen molar-refractivity contribution < 1.29 is 27.6 Å². The van der Waals surface area contributed by atoms with E-state index in [0.29, 0.717) is 17.9 Å². The van der Waals surface area contributed by atoms with Crippen molar-refractivity contribution in [1.29, 1.82) is 0 Å². The first-order chi connectivity index (χ1) is 22.6. The summed E-state index contributed by atoms with van der Waals surface area (Å²) in [6.45, 7) is 1.14. The van der Waals surface area contributed by atoms with Gasteiger partial charge in [-0.2, -0.15) is 5.10 Å². The molecule has 47 heavy (non-hydrogen) atoms. The topological polar surface area (TPSA) is 140 Å². The van der Waals surface area contributed by atoms with Crippen LogP contribution in [0.5, 0.6) is 11.5 Å². The Morgan fingerprint density at radius 3 is 2.49 bits per heavy atom. The second-order valence-electron chi connectivity index (χ2n) is 10.3.